The zero-order chi connectivity index (χ0) is 11.6. The highest BCUT2D eigenvalue weighted by atomic mass is 127. The molecule has 82 valence electrons. The van der Waals surface area contributed by atoms with Crippen LogP contribution in [0.15, 0.2) is 12.1 Å². The fourth-order valence-corrected chi connectivity index (χ4v) is 1.44. The highest BCUT2D eigenvalue weighted by Gasteiger charge is 2.16. The Morgan fingerprint density at radius 1 is 1.47 bits per heavy atom. The van der Waals surface area contributed by atoms with Gasteiger partial charge in [-0.15, -0.1) is 0 Å². The molecule has 0 spiro atoms. The SMILES string of the molecule is CC(=O)c1cc(F)c(I)cc1OC(F)F. The number of Topliss-reactive ketones (excluding diaryl/α,β-unsaturated/α-hetero) is 1. The number of rotatable bonds is 3. The summed E-state index contributed by atoms with van der Waals surface area (Å²) in [6, 6.07) is 1.96. The van der Waals surface area contributed by atoms with Crippen LogP contribution in [0, 0.1) is 9.39 Å². The lowest BCUT2D eigenvalue weighted by molar-refractivity contribution is -0.0502. The molecule has 0 saturated carbocycles. The Hall–Kier alpha value is -0.790. The first kappa shape index (κ1) is 12.3. The van der Waals surface area contributed by atoms with Crippen molar-refractivity contribution in [2.75, 3.05) is 0 Å². The number of hydrogen-bond donors (Lipinski definition) is 0. The third kappa shape index (κ3) is 3.08. The number of carbonyl (C=O) groups excluding carboxylic acids is 1. The molecule has 0 atom stereocenters. The fraction of sp³-hybridized carbons (Fsp3) is 0.222. The van der Waals surface area contributed by atoms with Crippen LogP contribution in [0.2, 0.25) is 0 Å². The zero-order valence-electron chi connectivity index (χ0n) is 7.56. The van der Waals surface area contributed by atoms with Crippen LogP contribution in [0.5, 0.6) is 5.75 Å². The molecule has 0 amide bonds. The second kappa shape index (κ2) is 4.82. The van der Waals surface area contributed by atoms with Crippen molar-refractivity contribution in [1.29, 1.82) is 0 Å². The molecule has 1 aromatic rings. The Labute approximate surface area is 97.6 Å². The third-order valence-electron chi connectivity index (χ3n) is 1.62. The predicted octanol–water partition coefficient (Wildman–Crippen LogP) is 3.23. The summed E-state index contributed by atoms with van der Waals surface area (Å²) in [6.45, 7) is -1.88. The van der Waals surface area contributed by atoms with Gasteiger partial charge >= 0.3 is 6.61 Å². The molecule has 0 fully saturated rings. The van der Waals surface area contributed by atoms with E-state index >= 15 is 0 Å². The van der Waals surface area contributed by atoms with E-state index in [4.69, 9.17) is 0 Å². The van der Waals surface area contributed by atoms with Gasteiger partial charge in [0, 0.05) is 0 Å². The lowest BCUT2D eigenvalue weighted by atomic mass is 10.1. The summed E-state index contributed by atoms with van der Waals surface area (Å²) in [6.07, 6.45) is 0. The molecule has 1 rings (SSSR count). The summed E-state index contributed by atoms with van der Waals surface area (Å²) in [4.78, 5) is 11.0. The van der Waals surface area contributed by atoms with Crippen molar-refractivity contribution < 1.29 is 22.7 Å². The molecule has 6 heteroatoms. The molecule has 2 nitrogen and oxygen atoms in total. The summed E-state index contributed by atoms with van der Waals surface area (Å²) < 4.78 is 41.2. The number of ketones is 1. The Morgan fingerprint density at radius 2 is 2.07 bits per heavy atom. The number of carbonyl (C=O) groups is 1. The van der Waals surface area contributed by atoms with Crippen LogP contribution in [0.3, 0.4) is 0 Å². The molecule has 0 aliphatic carbocycles. The minimum absolute atomic E-state index is 0.119. The maximum atomic E-state index is 13.1. The van der Waals surface area contributed by atoms with E-state index in [1.54, 1.807) is 22.6 Å². The van der Waals surface area contributed by atoms with Gasteiger partial charge in [0.15, 0.2) is 5.78 Å². The Balaban J connectivity index is 3.22. The van der Waals surface area contributed by atoms with Gasteiger partial charge in [-0.25, -0.2) is 4.39 Å². The lowest BCUT2D eigenvalue weighted by Gasteiger charge is -2.09. The van der Waals surface area contributed by atoms with Crippen LogP contribution in [0.25, 0.3) is 0 Å². The Morgan fingerprint density at radius 3 is 2.53 bits per heavy atom. The van der Waals surface area contributed by atoms with E-state index in [-0.39, 0.29) is 14.9 Å². The van der Waals surface area contributed by atoms with Crippen molar-refractivity contribution in [2.24, 2.45) is 0 Å². The molecule has 0 unspecified atom stereocenters. The first-order valence-electron chi connectivity index (χ1n) is 3.86. The minimum atomic E-state index is -3.04. The van der Waals surface area contributed by atoms with E-state index in [0.29, 0.717) is 0 Å². The van der Waals surface area contributed by atoms with Gasteiger partial charge in [0.1, 0.15) is 11.6 Å². The first-order valence-corrected chi connectivity index (χ1v) is 4.94. The number of benzene rings is 1. The summed E-state index contributed by atoms with van der Waals surface area (Å²) in [5.74, 6) is -1.47. The second-order valence-corrected chi connectivity index (χ2v) is 3.86. The van der Waals surface area contributed by atoms with Gasteiger partial charge < -0.3 is 4.74 Å². The molecule has 0 bridgehead atoms. The molecular formula is C9H6F3IO2. The topological polar surface area (TPSA) is 26.3 Å². The van der Waals surface area contributed by atoms with E-state index in [0.717, 1.165) is 19.1 Å². The number of ether oxygens (including phenoxy) is 1. The Bertz CT molecular complexity index is 393. The predicted molar refractivity (Wildman–Crippen MR) is 55.8 cm³/mol. The smallest absolute Gasteiger partial charge is 0.387 e. The van der Waals surface area contributed by atoms with Crippen molar-refractivity contribution in [3.05, 3.63) is 27.1 Å². The average molecular weight is 330 g/mol. The van der Waals surface area contributed by atoms with Crippen LogP contribution < -0.4 is 4.74 Å². The molecular weight excluding hydrogens is 324 g/mol. The molecule has 0 radical (unpaired) electrons. The van der Waals surface area contributed by atoms with Crippen molar-refractivity contribution in [3.8, 4) is 5.75 Å². The van der Waals surface area contributed by atoms with Gasteiger partial charge in [0.05, 0.1) is 9.13 Å². The molecule has 15 heavy (non-hydrogen) atoms. The summed E-state index contributed by atoms with van der Waals surface area (Å²) in [7, 11) is 0. The van der Waals surface area contributed by atoms with Gasteiger partial charge in [-0.05, 0) is 41.6 Å². The second-order valence-electron chi connectivity index (χ2n) is 2.70. The van der Waals surface area contributed by atoms with Gasteiger partial charge in [-0.2, -0.15) is 8.78 Å². The third-order valence-corrected chi connectivity index (χ3v) is 2.44. The fourth-order valence-electron chi connectivity index (χ4n) is 0.997. The van der Waals surface area contributed by atoms with Crippen molar-refractivity contribution in [3.63, 3.8) is 0 Å². The van der Waals surface area contributed by atoms with E-state index in [9.17, 15) is 18.0 Å². The molecule has 0 aromatic heterocycles. The van der Waals surface area contributed by atoms with Crippen LogP contribution in [-0.2, 0) is 0 Å². The van der Waals surface area contributed by atoms with Crippen molar-refractivity contribution in [2.45, 2.75) is 13.5 Å². The number of alkyl halides is 2. The molecule has 0 N–H and O–H groups in total. The van der Waals surface area contributed by atoms with Crippen LogP contribution in [0.4, 0.5) is 13.2 Å². The number of halogens is 4. The van der Waals surface area contributed by atoms with E-state index in [2.05, 4.69) is 4.74 Å². The van der Waals surface area contributed by atoms with E-state index in [1.807, 2.05) is 0 Å². The molecule has 0 aliphatic rings. The zero-order valence-corrected chi connectivity index (χ0v) is 9.72. The largest absolute Gasteiger partial charge is 0.434 e. The van der Waals surface area contributed by atoms with E-state index in [1.165, 1.54) is 0 Å². The maximum absolute atomic E-state index is 13.1. The first-order chi connectivity index (χ1) is 6.91. The number of hydrogen-bond acceptors (Lipinski definition) is 2. The lowest BCUT2D eigenvalue weighted by Crippen LogP contribution is -2.07. The molecule has 1 aromatic carbocycles. The summed E-state index contributed by atoms with van der Waals surface area (Å²) in [5, 5.41) is 0. The standard InChI is InChI=1S/C9H6F3IO2/c1-4(14)5-2-6(10)7(13)3-8(5)15-9(11)12/h2-3,9H,1H3. The van der Waals surface area contributed by atoms with Crippen LogP contribution in [-0.4, -0.2) is 12.4 Å². The minimum Gasteiger partial charge on any atom is -0.434 e. The highest BCUT2D eigenvalue weighted by Crippen LogP contribution is 2.26. The maximum Gasteiger partial charge on any atom is 0.387 e. The van der Waals surface area contributed by atoms with E-state index < -0.39 is 18.2 Å². The van der Waals surface area contributed by atoms with Gasteiger partial charge in [-0.1, -0.05) is 0 Å². The van der Waals surface area contributed by atoms with Gasteiger partial charge in [0.2, 0.25) is 0 Å². The molecule has 0 heterocycles. The van der Waals surface area contributed by atoms with Crippen LogP contribution >= 0.6 is 22.6 Å². The van der Waals surface area contributed by atoms with Gasteiger partial charge in [-0.3, -0.25) is 4.79 Å². The highest BCUT2D eigenvalue weighted by molar-refractivity contribution is 14.1. The van der Waals surface area contributed by atoms with Crippen LogP contribution in [0.1, 0.15) is 17.3 Å². The normalized spacial score (nSPS) is 10.5. The summed E-state index contributed by atoms with van der Waals surface area (Å²) >= 11 is 1.63. The Kier molecular flexibility index (Phi) is 3.95. The average Bonchev–Trinajstić information content (AvgIpc) is 2.09. The quantitative estimate of drug-likeness (QED) is 0.628. The molecule has 0 saturated heterocycles. The van der Waals surface area contributed by atoms with Crippen molar-refractivity contribution in [1.82, 2.24) is 0 Å². The summed E-state index contributed by atoms with van der Waals surface area (Å²) in [5.41, 5.74) is -0.187. The van der Waals surface area contributed by atoms with Gasteiger partial charge in [0.25, 0.3) is 0 Å². The molecule has 0 aliphatic heterocycles. The monoisotopic (exact) mass is 330 g/mol. The van der Waals surface area contributed by atoms with Crippen molar-refractivity contribution >= 4 is 28.4 Å².